The molecule has 0 spiro atoms. The maximum absolute atomic E-state index is 10.8. The van der Waals surface area contributed by atoms with Crippen molar-refractivity contribution in [3.63, 3.8) is 0 Å². The quantitative estimate of drug-likeness (QED) is 0.434. The Kier molecular flexibility index (Phi) is 11.7. The fourth-order valence-electron chi connectivity index (χ4n) is 2.24. The summed E-state index contributed by atoms with van der Waals surface area (Å²) >= 11 is 0. The summed E-state index contributed by atoms with van der Waals surface area (Å²) in [6, 6.07) is 13.1. The van der Waals surface area contributed by atoms with Crippen LogP contribution in [0.5, 0.6) is 0 Å². The van der Waals surface area contributed by atoms with Crippen molar-refractivity contribution >= 4 is 42.5 Å². The van der Waals surface area contributed by atoms with Crippen LogP contribution in [-0.4, -0.2) is 36.1 Å². The highest BCUT2D eigenvalue weighted by Crippen LogP contribution is 2.23. The number of fused-ring (bicyclic) bond motifs is 1. The lowest BCUT2D eigenvalue weighted by atomic mass is 10.1. The number of halogens is 1. The standard InChI is InChI=1S/C13H13NO2.C5H13BNO2.ClH/c1-9(13(15)16)14-12-8-4-6-10-5-2-3-7-11(10)12;1-4(2)3-5(7)9-6-8;/h2-9,14H,1H3,(H,15,16);4-5,8H,3,7H2,1-2H3;1H/t9-;5-;/m01./s1. The van der Waals surface area contributed by atoms with Crippen LogP contribution in [0.4, 0.5) is 5.69 Å². The van der Waals surface area contributed by atoms with E-state index in [2.05, 4.69) is 9.97 Å². The van der Waals surface area contributed by atoms with Gasteiger partial charge in [0.05, 0.1) is 6.23 Å². The Morgan fingerprint density at radius 2 is 1.81 bits per heavy atom. The first-order valence-electron chi connectivity index (χ1n) is 8.19. The van der Waals surface area contributed by atoms with Crippen molar-refractivity contribution in [2.75, 3.05) is 5.32 Å². The van der Waals surface area contributed by atoms with Gasteiger partial charge in [-0.2, -0.15) is 0 Å². The highest BCUT2D eigenvalue weighted by molar-refractivity contribution is 6.15. The summed E-state index contributed by atoms with van der Waals surface area (Å²) in [5.74, 6) is -0.354. The van der Waals surface area contributed by atoms with Crippen LogP contribution in [0.2, 0.25) is 0 Å². The van der Waals surface area contributed by atoms with E-state index in [0.29, 0.717) is 13.6 Å². The smallest absolute Gasteiger partial charge is 0.480 e. The number of nitrogens with one attached hydrogen (secondary N) is 1. The van der Waals surface area contributed by atoms with Gasteiger partial charge < -0.3 is 25.8 Å². The number of carboxylic acids is 1. The van der Waals surface area contributed by atoms with E-state index >= 15 is 0 Å². The molecule has 0 aliphatic carbocycles. The molecule has 0 heterocycles. The molecule has 143 valence electrons. The first kappa shape index (κ1) is 24.2. The second-order valence-electron chi connectivity index (χ2n) is 6.14. The molecule has 8 heteroatoms. The predicted octanol–water partition coefficient (Wildman–Crippen LogP) is 3.01. The van der Waals surface area contributed by atoms with Gasteiger partial charge in [0, 0.05) is 11.1 Å². The van der Waals surface area contributed by atoms with Crippen LogP contribution in [-0.2, 0) is 9.45 Å². The molecule has 0 amide bonds. The zero-order chi connectivity index (χ0) is 18.8. The number of aliphatic carboxylic acids is 1. The number of hydrogen-bond acceptors (Lipinski definition) is 5. The summed E-state index contributed by atoms with van der Waals surface area (Å²) in [5, 5.41) is 22.1. The maximum atomic E-state index is 10.8. The first-order valence-corrected chi connectivity index (χ1v) is 8.19. The van der Waals surface area contributed by atoms with E-state index in [1.807, 2.05) is 56.3 Å². The average molecular weight is 382 g/mol. The number of nitrogens with two attached hydrogens (primary N) is 1. The van der Waals surface area contributed by atoms with Gasteiger partial charge in [0.2, 0.25) is 0 Å². The van der Waals surface area contributed by atoms with Crippen LogP contribution in [0.3, 0.4) is 0 Å². The first-order chi connectivity index (χ1) is 11.8. The number of anilines is 1. The van der Waals surface area contributed by atoms with Crippen LogP contribution in [0, 0.1) is 5.92 Å². The summed E-state index contributed by atoms with van der Waals surface area (Å²) < 4.78 is 4.56. The van der Waals surface area contributed by atoms with Crippen LogP contribution in [0.1, 0.15) is 27.2 Å². The molecular weight excluding hydrogens is 354 g/mol. The van der Waals surface area contributed by atoms with Gasteiger partial charge >= 0.3 is 13.7 Å². The van der Waals surface area contributed by atoms with E-state index in [-0.39, 0.29) is 18.6 Å². The number of benzene rings is 2. The SMILES string of the molecule is CC(C)C[C@H](N)O[B]O.C[C@H](Nc1cccc2ccccc12)C(=O)O.Cl. The second kappa shape index (κ2) is 12.5. The molecule has 0 aliphatic heterocycles. The number of carboxylic acid groups (broad SMARTS) is 1. The minimum atomic E-state index is -0.854. The lowest BCUT2D eigenvalue weighted by Gasteiger charge is -2.12. The third-order valence-corrected chi connectivity index (χ3v) is 3.47. The molecule has 5 N–H and O–H groups in total. The molecule has 0 bridgehead atoms. The normalized spacial score (nSPS) is 12.4. The van der Waals surface area contributed by atoms with Crippen molar-refractivity contribution < 1.29 is 19.6 Å². The topological polar surface area (TPSA) is 105 Å². The molecule has 2 aromatic carbocycles. The Morgan fingerprint density at radius 3 is 2.38 bits per heavy atom. The molecule has 0 fully saturated rings. The minimum Gasteiger partial charge on any atom is -0.480 e. The van der Waals surface area contributed by atoms with E-state index in [0.717, 1.165) is 22.9 Å². The largest absolute Gasteiger partial charge is 0.486 e. The lowest BCUT2D eigenvalue weighted by molar-refractivity contribution is -0.137. The fraction of sp³-hybridized carbons (Fsp3) is 0.389. The molecule has 0 aromatic heterocycles. The molecule has 2 aromatic rings. The van der Waals surface area contributed by atoms with Gasteiger partial charge in [-0.25, -0.2) is 0 Å². The second-order valence-corrected chi connectivity index (χ2v) is 6.14. The third-order valence-electron chi connectivity index (χ3n) is 3.47. The molecule has 0 saturated carbocycles. The van der Waals surface area contributed by atoms with Gasteiger partial charge in [0.1, 0.15) is 6.04 Å². The predicted molar refractivity (Wildman–Crippen MR) is 108 cm³/mol. The van der Waals surface area contributed by atoms with Gasteiger partial charge in [-0.05, 0) is 30.7 Å². The van der Waals surface area contributed by atoms with Crippen molar-refractivity contribution in [3.8, 4) is 0 Å². The molecule has 0 aliphatic rings. The molecule has 2 atom stereocenters. The molecular formula is C18H27BClN2O4. The van der Waals surface area contributed by atoms with E-state index in [9.17, 15) is 4.79 Å². The van der Waals surface area contributed by atoms with E-state index < -0.39 is 12.0 Å². The van der Waals surface area contributed by atoms with Gasteiger partial charge in [0.15, 0.2) is 0 Å². The Labute approximate surface area is 161 Å². The molecule has 0 unspecified atom stereocenters. The van der Waals surface area contributed by atoms with E-state index in [1.165, 1.54) is 0 Å². The minimum absolute atomic E-state index is 0. The highest BCUT2D eigenvalue weighted by Gasteiger charge is 2.11. The third kappa shape index (κ3) is 8.53. The molecule has 2 rings (SSSR count). The van der Waals surface area contributed by atoms with Gasteiger partial charge in [-0.15, -0.1) is 12.4 Å². The van der Waals surface area contributed by atoms with Crippen molar-refractivity contribution in [2.24, 2.45) is 11.7 Å². The van der Waals surface area contributed by atoms with E-state index in [4.69, 9.17) is 15.9 Å². The van der Waals surface area contributed by atoms with Crippen LogP contribution >= 0.6 is 12.4 Å². The summed E-state index contributed by atoms with van der Waals surface area (Å²) in [5.41, 5.74) is 6.23. The summed E-state index contributed by atoms with van der Waals surface area (Å²) in [7, 11) is 0.632. The molecule has 1 radical (unpaired) electrons. The Hall–Kier alpha value is -1.80. The Balaban J connectivity index is 0.000000543. The molecule has 0 saturated heterocycles. The number of carbonyl (C=O) groups is 1. The Morgan fingerprint density at radius 1 is 1.19 bits per heavy atom. The monoisotopic (exact) mass is 381 g/mol. The van der Waals surface area contributed by atoms with Gasteiger partial charge in [-0.3, -0.25) is 4.79 Å². The zero-order valence-electron chi connectivity index (χ0n) is 15.3. The van der Waals surface area contributed by atoms with Gasteiger partial charge in [-0.1, -0.05) is 50.2 Å². The number of hydrogen-bond donors (Lipinski definition) is 4. The summed E-state index contributed by atoms with van der Waals surface area (Å²) in [6.45, 7) is 5.71. The molecule has 6 nitrogen and oxygen atoms in total. The zero-order valence-corrected chi connectivity index (χ0v) is 16.1. The van der Waals surface area contributed by atoms with Crippen molar-refractivity contribution in [1.82, 2.24) is 0 Å². The highest BCUT2D eigenvalue weighted by atomic mass is 35.5. The maximum Gasteiger partial charge on any atom is 0.486 e. The number of rotatable bonds is 7. The van der Waals surface area contributed by atoms with Crippen LogP contribution < -0.4 is 11.1 Å². The van der Waals surface area contributed by atoms with Crippen molar-refractivity contribution in [3.05, 3.63) is 42.5 Å². The fourth-order valence-corrected chi connectivity index (χ4v) is 2.24. The van der Waals surface area contributed by atoms with Crippen molar-refractivity contribution in [2.45, 2.75) is 39.5 Å². The van der Waals surface area contributed by atoms with Crippen LogP contribution in [0.15, 0.2) is 42.5 Å². The average Bonchev–Trinajstić information content (AvgIpc) is 2.55. The van der Waals surface area contributed by atoms with Crippen LogP contribution in [0.25, 0.3) is 10.8 Å². The van der Waals surface area contributed by atoms with Crippen molar-refractivity contribution in [1.29, 1.82) is 0 Å². The lowest BCUT2D eigenvalue weighted by Crippen LogP contribution is -2.27. The Bertz CT molecular complexity index is 667. The van der Waals surface area contributed by atoms with E-state index in [1.54, 1.807) is 6.92 Å². The van der Waals surface area contributed by atoms with Gasteiger partial charge in [0.25, 0.3) is 0 Å². The summed E-state index contributed by atoms with van der Waals surface area (Å²) in [4.78, 5) is 10.8. The summed E-state index contributed by atoms with van der Waals surface area (Å²) in [6.07, 6.45) is 0.395. The molecule has 26 heavy (non-hydrogen) atoms.